The molecule has 2 aromatic rings. The molecular weight excluding hydrogens is 274 g/mol. The van der Waals surface area contributed by atoms with Crippen LogP contribution >= 0.6 is 0 Å². The predicted octanol–water partition coefficient (Wildman–Crippen LogP) is 2.93. The monoisotopic (exact) mass is 295 g/mol. The van der Waals surface area contributed by atoms with E-state index in [-0.39, 0.29) is 5.91 Å². The second kappa shape index (κ2) is 6.62. The summed E-state index contributed by atoms with van der Waals surface area (Å²) in [6.07, 6.45) is 2.51. The number of amides is 1. The Morgan fingerprint density at radius 1 is 1.00 bits per heavy atom. The Labute approximate surface area is 130 Å². The van der Waals surface area contributed by atoms with E-state index in [1.165, 1.54) is 18.5 Å². The average molecular weight is 295 g/mol. The molecule has 2 aromatic carbocycles. The van der Waals surface area contributed by atoms with Crippen LogP contribution in [0.1, 0.15) is 24.4 Å². The first-order valence-corrected chi connectivity index (χ1v) is 7.70. The molecule has 1 saturated heterocycles. The first-order chi connectivity index (χ1) is 10.7. The minimum Gasteiger partial charge on any atom is -0.372 e. The van der Waals surface area contributed by atoms with Gasteiger partial charge in [0, 0.05) is 24.5 Å². The maximum Gasteiger partial charge on any atom is 0.245 e. The van der Waals surface area contributed by atoms with Crippen LogP contribution in [0.4, 0.5) is 11.4 Å². The Kier molecular flexibility index (Phi) is 4.39. The van der Waals surface area contributed by atoms with Gasteiger partial charge in [0.2, 0.25) is 5.91 Å². The van der Waals surface area contributed by atoms with Gasteiger partial charge in [-0.25, -0.2) is 0 Å². The predicted molar refractivity (Wildman–Crippen MR) is 89.9 cm³/mol. The molecule has 0 spiro atoms. The van der Waals surface area contributed by atoms with Gasteiger partial charge in [-0.15, -0.1) is 0 Å². The second-order valence-corrected chi connectivity index (χ2v) is 5.62. The van der Waals surface area contributed by atoms with Crippen LogP contribution in [-0.4, -0.2) is 19.0 Å². The summed E-state index contributed by atoms with van der Waals surface area (Å²) in [5.74, 6) is -0.194. The Balaban J connectivity index is 1.64. The molecule has 1 atom stereocenters. The molecule has 4 nitrogen and oxygen atoms in total. The van der Waals surface area contributed by atoms with E-state index in [2.05, 4.69) is 22.3 Å². The lowest BCUT2D eigenvalue weighted by molar-refractivity contribution is -0.117. The van der Waals surface area contributed by atoms with E-state index in [0.29, 0.717) is 0 Å². The highest BCUT2D eigenvalue weighted by Crippen LogP contribution is 2.22. The third-order valence-electron chi connectivity index (χ3n) is 4.05. The molecule has 1 amide bonds. The molecule has 0 aromatic heterocycles. The number of rotatable bonds is 4. The van der Waals surface area contributed by atoms with Gasteiger partial charge in [-0.05, 0) is 42.7 Å². The van der Waals surface area contributed by atoms with E-state index < -0.39 is 6.04 Å². The van der Waals surface area contributed by atoms with Crippen LogP contribution in [0.25, 0.3) is 0 Å². The molecule has 0 saturated carbocycles. The lowest BCUT2D eigenvalue weighted by Gasteiger charge is -2.18. The Morgan fingerprint density at radius 2 is 1.64 bits per heavy atom. The maximum atomic E-state index is 12.2. The zero-order valence-electron chi connectivity index (χ0n) is 12.5. The zero-order chi connectivity index (χ0) is 15.4. The summed E-state index contributed by atoms with van der Waals surface area (Å²) < 4.78 is 0. The molecule has 1 heterocycles. The van der Waals surface area contributed by atoms with Crippen LogP contribution in [-0.2, 0) is 4.79 Å². The van der Waals surface area contributed by atoms with Crippen LogP contribution in [0.3, 0.4) is 0 Å². The molecule has 22 heavy (non-hydrogen) atoms. The summed E-state index contributed by atoms with van der Waals surface area (Å²) in [6.45, 7) is 2.23. The van der Waals surface area contributed by atoms with Gasteiger partial charge >= 0.3 is 0 Å². The van der Waals surface area contributed by atoms with Crippen molar-refractivity contribution in [2.75, 3.05) is 23.3 Å². The summed E-state index contributed by atoms with van der Waals surface area (Å²) in [6, 6.07) is 16.7. The molecule has 0 unspecified atom stereocenters. The van der Waals surface area contributed by atoms with E-state index in [1.807, 2.05) is 42.5 Å². The lowest BCUT2D eigenvalue weighted by Crippen LogP contribution is -2.27. The molecule has 4 heteroatoms. The molecule has 0 aliphatic carbocycles. The van der Waals surface area contributed by atoms with Gasteiger partial charge in [0.15, 0.2) is 0 Å². The van der Waals surface area contributed by atoms with Crippen molar-refractivity contribution in [1.82, 2.24) is 0 Å². The van der Waals surface area contributed by atoms with Gasteiger partial charge in [-0.1, -0.05) is 30.3 Å². The lowest BCUT2D eigenvalue weighted by atomic mass is 10.1. The highest BCUT2D eigenvalue weighted by molar-refractivity contribution is 5.95. The summed E-state index contributed by atoms with van der Waals surface area (Å²) >= 11 is 0. The maximum absolute atomic E-state index is 12.2. The number of nitrogens with zero attached hydrogens (tertiary/aromatic N) is 1. The summed E-state index contributed by atoms with van der Waals surface area (Å²) in [5, 5.41) is 2.88. The third kappa shape index (κ3) is 3.28. The molecule has 0 bridgehead atoms. The second-order valence-electron chi connectivity index (χ2n) is 5.62. The minimum absolute atomic E-state index is 0.194. The first kappa shape index (κ1) is 14.6. The normalized spacial score (nSPS) is 15.6. The minimum atomic E-state index is -0.653. The fourth-order valence-electron chi connectivity index (χ4n) is 2.76. The fourth-order valence-corrected chi connectivity index (χ4v) is 2.76. The highest BCUT2D eigenvalue weighted by atomic mass is 16.2. The van der Waals surface area contributed by atoms with E-state index in [9.17, 15) is 4.79 Å². The summed E-state index contributed by atoms with van der Waals surface area (Å²) in [5.41, 5.74) is 8.80. The van der Waals surface area contributed by atoms with Crippen LogP contribution in [0.2, 0.25) is 0 Å². The summed E-state index contributed by atoms with van der Waals surface area (Å²) in [4.78, 5) is 14.6. The van der Waals surface area contributed by atoms with Gasteiger partial charge in [0.05, 0.1) is 0 Å². The number of nitrogens with two attached hydrogens (primary N) is 1. The molecule has 3 rings (SSSR count). The fraction of sp³-hybridized carbons (Fsp3) is 0.278. The van der Waals surface area contributed by atoms with Crippen molar-refractivity contribution in [2.24, 2.45) is 5.73 Å². The molecule has 3 N–H and O–H groups in total. The van der Waals surface area contributed by atoms with Crippen molar-refractivity contribution in [2.45, 2.75) is 18.9 Å². The van der Waals surface area contributed by atoms with E-state index in [4.69, 9.17) is 5.73 Å². The van der Waals surface area contributed by atoms with Gasteiger partial charge < -0.3 is 16.0 Å². The van der Waals surface area contributed by atoms with Crippen molar-refractivity contribution < 1.29 is 4.79 Å². The number of benzene rings is 2. The number of carbonyl (C=O) groups is 1. The van der Waals surface area contributed by atoms with Crippen molar-refractivity contribution in [1.29, 1.82) is 0 Å². The van der Waals surface area contributed by atoms with Crippen molar-refractivity contribution in [3.05, 3.63) is 60.2 Å². The number of hydrogen-bond acceptors (Lipinski definition) is 3. The topological polar surface area (TPSA) is 58.4 Å². The number of carbonyl (C=O) groups excluding carboxylic acids is 1. The first-order valence-electron chi connectivity index (χ1n) is 7.70. The number of anilines is 2. The number of hydrogen-bond donors (Lipinski definition) is 2. The molecular formula is C18H21N3O. The van der Waals surface area contributed by atoms with Gasteiger partial charge in [0.25, 0.3) is 0 Å². The molecule has 1 aliphatic heterocycles. The molecule has 1 fully saturated rings. The van der Waals surface area contributed by atoms with Gasteiger partial charge in [-0.3, -0.25) is 4.79 Å². The van der Waals surface area contributed by atoms with Crippen molar-refractivity contribution in [3.8, 4) is 0 Å². The standard InChI is InChI=1S/C18H21N3O/c19-17(14-6-2-1-3-7-14)18(22)20-15-8-10-16(11-9-15)21-12-4-5-13-21/h1-3,6-11,17H,4-5,12-13,19H2,(H,20,22)/t17-/m0/s1. The third-order valence-corrected chi connectivity index (χ3v) is 4.05. The van der Waals surface area contributed by atoms with E-state index in [0.717, 1.165) is 24.3 Å². The van der Waals surface area contributed by atoms with E-state index in [1.54, 1.807) is 0 Å². The zero-order valence-corrected chi connectivity index (χ0v) is 12.5. The molecule has 0 radical (unpaired) electrons. The highest BCUT2D eigenvalue weighted by Gasteiger charge is 2.16. The van der Waals surface area contributed by atoms with Crippen molar-refractivity contribution in [3.63, 3.8) is 0 Å². The Hall–Kier alpha value is -2.33. The van der Waals surface area contributed by atoms with Gasteiger partial charge in [0.1, 0.15) is 6.04 Å². The largest absolute Gasteiger partial charge is 0.372 e. The van der Waals surface area contributed by atoms with Crippen LogP contribution in [0, 0.1) is 0 Å². The SMILES string of the molecule is N[C@H](C(=O)Nc1ccc(N2CCCC2)cc1)c1ccccc1. The van der Waals surface area contributed by atoms with Crippen molar-refractivity contribution >= 4 is 17.3 Å². The van der Waals surface area contributed by atoms with Crippen LogP contribution in [0.5, 0.6) is 0 Å². The van der Waals surface area contributed by atoms with E-state index >= 15 is 0 Å². The quantitative estimate of drug-likeness (QED) is 0.912. The molecule has 1 aliphatic rings. The molecule has 114 valence electrons. The van der Waals surface area contributed by atoms with Crippen LogP contribution in [0.15, 0.2) is 54.6 Å². The average Bonchev–Trinajstić information content (AvgIpc) is 3.10. The Bertz CT molecular complexity index is 619. The Morgan fingerprint density at radius 3 is 2.27 bits per heavy atom. The smallest absolute Gasteiger partial charge is 0.245 e. The number of nitrogens with one attached hydrogen (secondary N) is 1. The van der Waals surface area contributed by atoms with Gasteiger partial charge in [-0.2, -0.15) is 0 Å². The van der Waals surface area contributed by atoms with Crippen LogP contribution < -0.4 is 16.0 Å². The summed E-state index contributed by atoms with van der Waals surface area (Å²) in [7, 11) is 0.